The van der Waals surface area contributed by atoms with Gasteiger partial charge in [0.25, 0.3) is 5.56 Å². The lowest BCUT2D eigenvalue weighted by Gasteiger charge is -2.09. The predicted octanol–water partition coefficient (Wildman–Crippen LogP) is 0.580. The van der Waals surface area contributed by atoms with E-state index >= 15 is 0 Å². The molecule has 0 bridgehead atoms. The van der Waals surface area contributed by atoms with Crippen molar-refractivity contribution in [2.75, 3.05) is 14.2 Å². The predicted molar refractivity (Wildman–Crippen MR) is 74.6 cm³/mol. The lowest BCUT2D eigenvalue weighted by molar-refractivity contribution is 0.354. The summed E-state index contributed by atoms with van der Waals surface area (Å²) in [5, 5.41) is 14.2. The Labute approximate surface area is 119 Å². The third-order valence-corrected chi connectivity index (χ3v) is 3.11. The number of ether oxygens (including phenoxy) is 2. The average molecular weight is 287 g/mol. The summed E-state index contributed by atoms with van der Waals surface area (Å²) in [6.07, 6.45) is 1.46. The molecular formula is C13H13N5O3. The highest BCUT2D eigenvalue weighted by Crippen LogP contribution is 2.27. The van der Waals surface area contributed by atoms with Gasteiger partial charge in [-0.05, 0) is 17.7 Å². The first-order valence-corrected chi connectivity index (χ1v) is 6.20. The molecule has 0 saturated carbocycles. The highest BCUT2D eigenvalue weighted by atomic mass is 16.5. The summed E-state index contributed by atoms with van der Waals surface area (Å²) in [5.41, 5.74) is 1.37. The smallest absolute Gasteiger partial charge is 0.295 e. The van der Waals surface area contributed by atoms with Crippen LogP contribution in [0.5, 0.6) is 11.5 Å². The number of hydrogen-bond donors (Lipinski definition) is 1. The summed E-state index contributed by atoms with van der Waals surface area (Å²) in [6.45, 7) is 0.279. The van der Waals surface area contributed by atoms with Gasteiger partial charge < -0.3 is 9.47 Å². The molecule has 0 aliphatic heterocycles. The minimum absolute atomic E-state index is 0.271. The quantitative estimate of drug-likeness (QED) is 0.754. The van der Waals surface area contributed by atoms with Gasteiger partial charge in [0, 0.05) is 0 Å². The van der Waals surface area contributed by atoms with Crippen LogP contribution in [0.3, 0.4) is 0 Å². The molecule has 0 atom stereocenters. The second-order valence-corrected chi connectivity index (χ2v) is 4.37. The van der Waals surface area contributed by atoms with Crippen LogP contribution in [0.4, 0.5) is 0 Å². The summed E-state index contributed by atoms with van der Waals surface area (Å²) in [6, 6.07) is 5.41. The van der Waals surface area contributed by atoms with E-state index in [2.05, 4.69) is 20.5 Å². The van der Waals surface area contributed by atoms with E-state index in [1.54, 1.807) is 26.4 Å². The Morgan fingerprint density at radius 3 is 2.81 bits per heavy atom. The van der Waals surface area contributed by atoms with Gasteiger partial charge in [0.05, 0.1) is 27.0 Å². The number of aromatic amines is 1. The number of hydrogen-bond acceptors (Lipinski definition) is 6. The number of benzene rings is 1. The molecular weight excluding hydrogens is 274 g/mol. The summed E-state index contributed by atoms with van der Waals surface area (Å²) in [5.74, 6) is 1.22. The van der Waals surface area contributed by atoms with Crippen molar-refractivity contribution in [3.63, 3.8) is 0 Å². The maximum absolute atomic E-state index is 12.2. The number of fused-ring (bicyclic) bond motifs is 1. The zero-order valence-corrected chi connectivity index (χ0v) is 11.5. The first kappa shape index (κ1) is 13.1. The molecule has 3 rings (SSSR count). The van der Waals surface area contributed by atoms with Crippen LogP contribution in [0, 0.1) is 0 Å². The van der Waals surface area contributed by atoms with Crippen molar-refractivity contribution in [1.82, 2.24) is 25.2 Å². The maximum Gasteiger partial charge on any atom is 0.295 e. The zero-order valence-electron chi connectivity index (χ0n) is 11.5. The largest absolute Gasteiger partial charge is 0.493 e. The lowest BCUT2D eigenvalue weighted by Crippen LogP contribution is -2.24. The fourth-order valence-corrected chi connectivity index (χ4v) is 2.04. The Morgan fingerprint density at radius 2 is 2.05 bits per heavy atom. The van der Waals surface area contributed by atoms with Crippen LogP contribution in [-0.4, -0.2) is 39.4 Å². The molecule has 8 heteroatoms. The van der Waals surface area contributed by atoms with E-state index < -0.39 is 0 Å². The van der Waals surface area contributed by atoms with Crippen molar-refractivity contribution in [2.24, 2.45) is 0 Å². The zero-order chi connectivity index (χ0) is 14.8. The van der Waals surface area contributed by atoms with E-state index in [4.69, 9.17) is 9.47 Å². The van der Waals surface area contributed by atoms with Crippen LogP contribution in [0.1, 0.15) is 5.56 Å². The van der Waals surface area contributed by atoms with Crippen LogP contribution in [0.25, 0.3) is 11.0 Å². The van der Waals surface area contributed by atoms with Crippen LogP contribution >= 0.6 is 0 Å². The standard InChI is InChI=1S/C13H13N5O3/c1-20-10-4-3-8(5-11(10)21-2)7-18-13(19)12-9(15-17-18)6-14-16-12/h3-6H,7H2,1-2H3,(H,14,16). The molecule has 2 heterocycles. The van der Waals surface area contributed by atoms with Gasteiger partial charge in [0.1, 0.15) is 5.52 Å². The number of rotatable bonds is 4. The molecule has 0 fully saturated rings. The van der Waals surface area contributed by atoms with Gasteiger partial charge in [-0.3, -0.25) is 9.89 Å². The number of nitrogens with one attached hydrogen (secondary N) is 1. The third-order valence-electron chi connectivity index (χ3n) is 3.11. The molecule has 108 valence electrons. The highest BCUT2D eigenvalue weighted by Gasteiger charge is 2.09. The average Bonchev–Trinajstić information content (AvgIpc) is 2.99. The highest BCUT2D eigenvalue weighted by molar-refractivity contribution is 5.70. The molecule has 8 nitrogen and oxygen atoms in total. The Balaban J connectivity index is 1.98. The Hall–Kier alpha value is -2.90. The molecule has 1 aromatic carbocycles. The molecule has 1 N–H and O–H groups in total. The van der Waals surface area contributed by atoms with Gasteiger partial charge in [-0.15, -0.1) is 5.10 Å². The molecule has 0 amide bonds. The van der Waals surface area contributed by atoms with Crippen LogP contribution in [-0.2, 0) is 6.54 Å². The van der Waals surface area contributed by atoms with E-state index in [9.17, 15) is 4.79 Å². The molecule has 21 heavy (non-hydrogen) atoms. The van der Waals surface area contributed by atoms with Crippen LogP contribution < -0.4 is 15.0 Å². The molecule has 0 unspecified atom stereocenters. The first-order chi connectivity index (χ1) is 10.2. The second kappa shape index (κ2) is 5.23. The summed E-state index contributed by atoms with van der Waals surface area (Å²) in [7, 11) is 3.13. The van der Waals surface area contributed by atoms with Crippen molar-refractivity contribution in [3.8, 4) is 11.5 Å². The topological polar surface area (TPSA) is 94.9 Å². The number of H-pyrrole nitrogens is 1. The molecule has 0 aliphatic carbocycles. The summed E-state index contributed by atoms with van der Waals surface area (Å²) >= 11 is 0. The van der Waals surface area contributed by atoms with Gasteiger partial charge in [-0.1, -0.05) is 11.3 Å². The van der Waals surface area contributed by atoms with E-state index in [0.717, 1.165) is 5.56 Å². The SMILES string of the molecule is COc1ccc(Cn2nnc3cn[nH]c3c2=O)cc1OC. The van der Waals surface area contributed by atoms with Crippen LogP contribution in [0.2, 0.25) is 0 Å². The van der Waals surface area contributed by atoms with Gasteiger partial charge in [0.2, 0.25) is 0 Å². The van der Waals surface area contributed by atoms with Gasteiger partial charge in [-0.25, -0.2) is 4.68 Å². The summed E-state index contributed by atoms with van der Waals surface area (Å²) in [4.78, 5) is 12.2. The van der Waals surface area contributed by atoms with Crippen LogP contribution in [0.15, 0.2) is 29.2 Å². The first-order valence-electron chi connectivity index (χ1n) is 6.20. The van der Waals surface area contributed by atoms with Crippen molar-refractivity contribution < 1.29 is 9.47 Å². The minimum atomic E-state index is -0.271. The normalized spacial score (nSPS) is 10.8. The number of nitrogens with zero attached hydrogens (tertiary/aromatic N) is 4. The van der Waals surface area contributed by atoms with Crippen molar-refractivity contribution in [2.45, 2.75) is 6.54 Å². The molecule has 0 aliphatic rings. The van der Waals surface area contributed by atoms with Gasteiger partial charge in [-0.2, -0.15) is 5.10 Å². The third kappa shape index (κ3) is 2.31. The fraction of sp³-hybridized carbons (Fsp3) is 0.231. The minimum Gasteiger partial charge on any atom is -0.493 e. The molecule has 2 aromatic heterocycles. The van der Waals surface area contributed by atoms with Crippen molar-refractivity contribution in [3.05, 3.63) is 40.3 Å². The van der Waals surface area contributed by atoms with Crippen molar-refractivity contribution in [1.29, 1.82) is 0 Å². The van der Waals surface area contributed by atoms with E-state index in [1.807, 2.05) is 6.07 Å². The molecule has 0 spiro atoms. The Kier molecular flexibility index (Phi) is 3.27. The van der Waals surface area contributed by atoms with Gasteiger partial charge in [0.15, 0.2) is 17.0 Å². The Morgan fingerprint density at radius 1 is 1.24 bits per heavy atom. The second-order valence-electron chi connectivity index (χ2n) is 4.37. The fourth-order valence-electron chi connectivity index (χ4n) is 2.04. The monoisotopic (exact) mass is 287 g/mol. The number of methoxy groups -OCH3 is 2. The van der Waals surface area contributed by atoms with Gasteiger partial charge >= 0.3 is 0 Å². The maximum atomic E-state index is 12.2. The van der Waals surface area contributed by atoms with Crippen molar-refractivity contribution >= 4 is 11.0 Å². The number of aromatic nitrogens is 5. The van der Waals surface area contributed by atoms with E-state index in [1.165, 1.54) is 10.9 Å². The molecule has 3 aromatic rings. The van der Waals surface area contributed by atoms with E-state index in [0.29, 0.717) is 22.5 Å². The molecule has 0 saturated heterocycles. The Bertz CT molecular complexity index is 839. The lowest BCUT2D eigenvalue weighted by atomic mass is 10.2. The summed E-state index contributed by atoms with van der Waals surface area (Å²) < 4.78 is 11.7. The van der Waals surface area contributed by atoms with E-state index in [-0.39, 0.29) is 12.1 Å². The molecule has 0 radical (unpaired) electrons.